The molecule has 2 aliphatic rings. The van der Waals surface area contributed by atoms with Crippen molar-refractivity contribution in [1.82, 2.24) is 15.0 Å². The van der Waals surface area contributed by atoms with E-state index >= 15 is 0 Å². The smallest absolute Gasteiger partial charge is 0.164 e. The standard InChI is InChI=1S/C57H41N3/c1-56(2)48-24-13-11-22-45(48)52-49(56)30-29-43-39-19-8-9-20-40(39)46-32-37(26-28-44(46)51(43)52)54-58-53(36-18-14-17-35(31-36)34-15-6-5-7-16-34)59-55(60-54)38-25-27-42-41-21-10-12-23-47(41)57(3,4)50(42)33-38/h5-33H,1-4H3. The van der Waals surface area contributed by atoms with Crippen molar-refractivity contribution in [3.63, 3.8) is 0 Å². The third-order valence-electron chi connectivity index (χ3n) is 13.5. The van der Waals surface area contributed by atoms with Crippen molar-refractivity contribution in [2.45, 2.75) is 38.5 Å². The molecule has 1 aromatic heterocycles. The van der Waals surface area contributed by atoms with E-state index in [0.717, 1.165) is 27.8 Å². The first-order chi connectivity index (χ1) is 29.3. The SMILES string of the molecule is CC1(C)c2ccccc2-c2ccc(-c3nc(-c4cccc(-c5ccccc5)c4)nc(-c4ccc5c(c4)c4ccccc4c4ccc6c(c45)-c4ccccc4C6(C)C)n3)cc21. The molecule has 9 aromatic carbocycles. The minimum atomic E-state index is -0.150. The fourth-order valence-corrected chi connectivity index (χ4v) is 10.5. The van der Waals surface area contributed by atoms with Crippen molar-refractivity contribution in [3.05, 3.63) is 198 Å². The first-order valence-electron chi connectivity index (χ1n) is 20.9. The predicted molar refractivity (Wildman–Crippen MR) is 249 cm³/mol. The number of hydrogen-bond acceptors (Lipinski definition) is 3. The van der Waals surface area contributed by atoms with Crippen LogP contribution >= 0.6 is 0 Å². The Labute approximate surface area is 350 Å². The van der Waals surface area contributed by atoms with Crippen molar-refractivity contribution in [3.8, 4) is 67.5 Å². The van der Waals surface area contributed by atoms with Gasteiger partial charge in [0.1, 0.15) is 0 Å². The quantitative estimate of drug-likeness (QED) is 0.167. The number of benzene rings is 9. The van der Waals surface area contributed by atoms with Gasteiger partial charge in [-0.2, -0.15) is 0 Å². The van der Waals surface area contributed by atoms with Crippen molar-refractivity contribution in [2.75, 3.05) is 0 Å². The van der Waals surface area contributed by atoms with E-state index in [-0.39, 0.29) is 10.8 Å². The molecular weight excluding hydrogens is 727 g/mol. The summed E-state index contributed by atoms with van der Waals surface area (Å²) in [5.41, 5.74) is 15.6. The summed E-state index contributed by atoms with van der Waals surface area (Å²) >= 11 is 0. The second-order valence-electron chi connectivity index (χ2n) is 17.6. The van der Waals surface area contributed by atoms with Gasteiger partial charge in [0.2, 0.25) is 0 Å². The van der Waals surface area contributed by atoms with E-state index in [0.29, 0.717) is 17.5 Å². The van der Waals surface area contributed by atoms with Crippen LogP contribution in [0, 0.1) is 0 Å². The number of aromatic nitrogens is 3. The average Bonchev–Trinajstić information content (AvgIpc) is 3.68. The molecule has 10 aromatic rings. The molecule has 0 N–H and O–H groups in total. The number of nitrogens with zero attached hydrogens (tertiary/aromatic N) is 3. The van der Waals surface area contributed by atoms with Crippen molar-refractivity contribution < 1.29 is 0 Å². The number of rotatable bonds is 4. The normalized spacial score (nSPS) is 14.3. The molecule has 2 aliphatic carbocycles. The van der Waals surface area contributed by atoms with Crippen LogP contribution in [0.3, 0.4) is 0 Å². The molecule has 0 unspecified atom stereocenters. The maximum absolute atomic E-state index is 5.34. The zero-order chi connectivity index (χ0) is 40.3. The van der Waals surface area contributed by atoms with Crippen LogP contribution < -0.4 is 0 Å². The first kappa shape index (κ1) is 34.8. The van der Waals surface area contributed by atoms with Gasteiger partial charge in [0.25, 0.3) is 0 Å². The van der Waals surface area contributed by atoms with E-state index in [2.05, 4.69) is 204 Å². The van der Waals surface area contributed by atoms with E-state index < -0.39 is 0 Å². The van der Waals surface area contributed by atoms with E-state index in [4.69, 9.17) is 15.0 Å². The molecule has 0 atom stereocenters. The lowest BCUT2D eigenvalue weighted by Gasteiger charge is -2.22. The molecule has 0 bridgehead atoms. The Hall–Kier alpha value is -7.23. The zero-order valence-corrected chi connectivity index (χ0v) is 34.1. The van der Waals surface area contributed by atoms with Gasteiger partial charge in [0, 0.05) is 27.5 Å². The molecule has 3 nitrogen and oxygen atoms in total. The summed E-state index contributed by atoms with van der Waals surface area (Å²) in [7, 11) is 0. The third-order valence-corrected chi connectivity index (χ3v) is 13.5. The largest absolute Gasteiger partial charge is 0.208 e. The Balaban J connectivity index is 1.10. The molecule has 1 heterocycles. The highest BCUT2D eigenvalue weighted by Crippen LogP contribution is 2.54. The Morgan fingerprint density at radius 2 is 0.800 bits per heavy atom. The van der Waals surface area contributed by atoms with Gasteiger partial charge in [0.05, 0.1) is 0 Å². The topological polar surface area (TPSA) is 38.7 Å². The molecule has 12 rings (SSSR count). The highest BCUT2D eigenvalue weighted by atomic mass is 15.0. The number of hydrogen-bond donors (Lipinski definition) is 0. The van der Waals surface area contributed by atoms with Gasteiger partial charge in [-0.05, 0) is 106 Å². The molecule has 0 aliphatic heterocycles. The van der Waals surface area contributed by atoms with E-state index in [1.54, 1.807) is 0 Å². The van der Waals surface area contributed by atoms with Crippen molar-refractivity contribution >= 4 is 32.3 Å². The van der Waals surface area contributed by atoms with Crippen LogP contribution in [-0.2, 0) is 10.8 Å². The second-order valence-corrected chi connectivity index (χ2v) is 17.6. The summed E-state index contributed by atoms with van der Waals surface area (Å²) in [6, 6.07) is 63.9. The van der Waals surface area contributed by atoms with E-state index in [9.17, 15) is 0 Å². The molecule has 0 saturated heterocycles. The van der Waals surface area contributed by atoms with Crippen LogP contribution in [0.2, 0.25) is 0 Å². The van der Waals surface area contributed by atoms with Gasteiger partial charge < -0.3 is 0 Å². The lowest BCUT2D eigenvalue weighted by molar-refractivity contribution is 0.660. The summed E-state index contributed by atoms with van der Waals surface area (Å²) in [5, 5.41) is 7.49. The van der Waals surface area contributed by atoms with Crippen LogP contribution in [0.1, 0.15) is 49.9 Å². The lowest BCUT2D eigenvalue weighted by atomic mass is 9.81. The van der Waals surface area contributed by atoms with Gasteiger partial charge in [-0.1, -0.05) is 185 Å². The zero-order valence-electron chi connectivity index (χ0n) is 34.1. The molecule has 60 heavy (non-hydrogen) atoms. The van der Waals surface area contributed by atoms with Crippen LogP contribution in [0.15, 0.2) is 176 Å². The molecule has 0 radical (unpaired) electrons. The highest BCUT2D eigenvalue weighted by molar-refractivity contribution is 6.29. The fourth-order valence-electron chi connectivity index (χ4n) is 10.5. The second kappa shape index (κ2) is 12.6. The van der Waals surface area contributed by atoms with Crippen LogP contribution in [-0.4, -0.2) is 15.0 Å². The van der Waals surface area contributed by atoms with Crippen molar-refractivity contribution in [1.29, 1.82) is 0 Å². The summed E-state index contributed by atoms with van der Waals surface area (Å²) < 4.78 is 0. The van der Waals surface area contributed by atoms with Crippen LogP contribution in [0.25, 0.3) is 99.9 Å². The monoisotopic (exact) mass is 767 g/mol. The maximum atomic E-state index is 5.34. The van der Waals surface area contributed by atoms with Crippen molar-refractivity contribution in [2.24, 2.45) is 0 Å². The molecule has 0 saturated carbocycles. The molecule has 0 amide bonds. The highest BCUT2D eigenvalue weighted by Gasteiger charge is 2.37. The fraction of sp³-hybridized carbons (Fsp3) is 0.105. The summed E-state index contributed by atoms with van der Waals surface area (Å²) in [5.74, 6) is 1.96. The summed E-state index contributed by atoms with van der Waals surface area (Å²) in [4.78, 5) is 15.9. The van der Waals surface area contributed by atoms with E-state index in [1.807, 2.05) is 0 Å². The molecule has 3 heteroatoms. The number of fused-ring (bicyclic) bond motifs is 13. The van der Waals surface area contributed by atoms with Gasteiger partial charge >= 0.3 is 0 Å². The minimum Gasteiger partial charge on any atom is -0.208 e. The Morgan fingerprint density at radius 1 is 0.300 bits per heavy atom. The Bertz CT molecular complexity index is 3430. The van der Waals surface area contributed by atoms with E-state index in [1.165, 1.54) is 76.8 Å². The molecule has 284 valence electrons. The first-order valence-corrected chi connectivity index (χ1v) is 20.9. The molecule has 0 fully saturated rings. The minimum absolute atomic E-state index is 0.0942. The van der Waals surface area contributed by atoms with Gasteiger partial charge in [-0.25, -0.2) is 15.0 Å². The van der Waals surface area contributed by atoms with Crippen LogP contribution in [0.5, 0.6) is 0 Å². The average molecular weight is 768 g/mol. The Morgan fingerprint density at radius 3 is 1.55 bits per heavy atom. The van der Waals surface area contributed by atoms with Gasteiger partial charge in [-0.15, -0.1) is 0 Å². The summed E-state index contributed by atoms with van der Waals surface area (Å²) in [6.07, 6.45) is 0. The van der Waals surface area contributed by atoms with Crippen LogP contribution in [0.4, 0.5) is 0 Å². The van der Waals surface area contributed by atoms with Gasteiger partial charge in [0.15, 0.2) is 17.5 Å². The summed E-state index contributed by atoms with van der Waals surface area (Å²) in [6.45, 7) is 9.35. The lowest BCUT2D eigenvalue weighted by Crippen LogP contribution is -2.15. The molecule has 0 spiro atoms. The third kappa shape index (κ3) is 4.99. The predicted octanol–water partition coefficient (Wildman–Crippen LogP) is 14.6. The maximum Gasteiger partial charge on any atom is 0.164 e. The molecular formula is C57H41N3. The Kier molecular flexibility index (Phi) is 7.32. The van der Waals surface area contributed by atoms with Gasteiger partial charge in [-0.3, -0.25) is 0 Å².